The summed E-state index contributed by atoms with van der Waals surface area (Å²) in [7, 11) is 2.03. The molecule has 0 unspecified atom stereocenters. The molecule has 3 rings (SSSR count). The number of hydrazone groups is 1. The van der Waals surface area contributed by atoms with Crippen LogP contribution in [0.5, 0.6) is 0 Å². The van der Waals surface area contributed by atoms with Gasteiger partial charge in [-0.05, 0) is 35.4 Å². The summed E-state index contributed by atoms with van der Waals surface area (Å²) in [6.07, 6.45) is 1.97. The molecule has 0 spiro atoms. The molecule has 1 amide bonds. The lowest BCUT2D eigenvalue weighted by Crippen LogP contribution is -2.19. The van der Waals surface area contributed by atoms with E-state index in [9.17, 15) is 4.79 Å². The molecule has 3 aromatic rings. The van der Waals surface area contributed by atoms with Gasteiger partial charge in [0.1, 0.15) is 0 Å². The molecule has 0 aliphatic heterocycles. The van der Waals surface area contributed by atoms with Crippen LogP contribution >= 0.6 is 0 Å². The average Bonchev–Trinajstić information content (AvgIpc) is 2.69. The molecule has 0 aromatic heterocycles. The second-order valence-electron chi connectivity index (χ2n) is 5.94. The standard InChI is InChI=1S/C22H21N3O/c1-25(20-10-6-3-7-11-20)21-14-12-19(13-15-21)17-23-24-22(26)16-18-8-4-2-5-9-18/h2-15,17H,16H2,1H3,(H,24,26)/b23-17+. The summed E-state index contributed by atoms with van der Waals surface area (Å²) < 4.78 is 0. The quantitative estimate of drug-likeness (QED) is 0.540. The monoisotopic (exact) mass is 343 g/mol. The van der Waals surface area contributed by atoms with Gasteiger partial charge in [0.2, 0.25) is 5.91 Å². The molecule has 4 heteroatoms. The van der Waals surface area contributed by atoms with Crippen molar-refractivity contribution in [1.29, 1.82) is 0 Å². The lowest BCUT2D eigenvalue weighted by molar-refractivity contribution is -0.120. The van der Waals surface area contributed by atoms with Crippen LogP contribution in [-0.2, 0) is 11.2 Å². The first kappa shape index (κ1) is 17.4. The summed E-state index contributed by atoms with van der Waals surface area (Å²) in [5.41, 5.74) is 6.67. The fraction of sp³-hybridized carbons (Fsp3) is 0.0909. The van der Waals surface area contributed by atoms with E-state index >= 15 is 0 Å². The second-order valence-corrected chi connectivity index (χ2v) is 5.94. The van der Waals surface area contributed by atoms with Gasteiger partial charge in [-0.3, -0.25) is 4.79 Å². The first-order valence-corrected chi connectivity index (χ1v) is 8.47. The number of rotatable bonds is 6. The molecule has 26 heavy (non-hydrogen) atoms. The summed E-state index contributed by atoms with van der Waals surface area (Å²) in [4.78, 5) is 14.0. The van der Waals surface area contributed by atoms with Gasteiger partial charge in [0.25, 0.3) is 0 Å². The van der Waals surface area contributed by atoms with Gasteiger partial charge in [0.05, 0.1) is 12.6 Å². The number of anilines is 2. The van der Waals surface area contributed by atoms with Gasteiger partial charge in [0, 0.05) is 18.4 Å². The van der Waals surface area contributed by atoms with E-state index in [1.807, 2.05) is 79.8 Å². The van der Waals surface area contributed by atoms with Gasteiger partial charge in [-0.2, -0.15) is 5.10 Å². The van der Waals surface area contributed by atoms with E-state index < -0.39 is 0 Å². The molecule has 0 atom stereocenters. The predicted octanol–water partition coefficient (Wildman–Crippen LogP) is 4.15. The number of nitrogens with one attached hydrogen (secondary N) is 1. The zero-order valence-electron chi connectivity index (χ0n) is 14.7. The Morgan fingerprint density at radius 2 is 1.46 bits per heavy atom. The highest BCUT2D eigenvalue weighted by molar-refractivity contribution is 5.83. The first-order valence-electron chi connectivity index (χ1n) is 8.47. The first-order chi connectivity index (χ1) is 12.7. The molecule has 1 N–H and O–H groups in total. The molecule has 0 fully saturated rings. The van der Waals surface area contributed by atoms with Crippen molar-refractivity contribution in [3.05, 3.63) is 96.1 Å². The molecule has 4 nitrogen and oxygen atoms in total. The normalized spacial score (nSPS) is 10.7. The maximum absolute atomic E-state index is 11.9. The Labute approximate surface area is 153 Å². The third-order valence-electron chi connectivity index (χ3n) is 4.03. The Morgan fingerprint density at radius 3 is 2.12 bits per heavy atom. The van der Waals surface area contributed by atoms with Crippen molar-refractivity contribution < 1.29 is 4.79 Å². The Balaban J connectivity index is 1.55. The number of amides is 1. The van der Waals surface area contributed by atoms with Crippen molar-refractivity contribution in [2.75, 3.05) is 11.9 Å². The second kappa shape index (κ2) is 8.62. The van der Waals surface area contributed by atoms with E-state index in [4.69, 9.17) is 0 Å². The Kier molecular flexibility index (Phi) is 5.78. The van der Waals surface area contributed by atoms with Crippen molar-refractivity contribution in [2.24, 2.45) is 5.10 Å². The SMILES string of the molecule is CN(c1ccccc1)c1ccc(/C=N/NC(=O)Cc2ccccc2)cc1. The highest BCUT2D eigenvalue weighted by Crippen LogP contribution is 2.22. The van der Waals surface area contributed by atoms with Crippen LogP contribution in [0.1, 0.15) is 11.1 Å². The maximum Gasteiger partial charge on any atom is 0.244 e. The average molecular weight is 343 g/mol. The number of carbonyl (C=O) groups excluding carboxylic acids is 1. The van der Waals surface area contributed by atoms with Crippen molar-refractivity contribution in [3.63, 3.8) is 0 Å². The number of hydrogen-bond acceptors (Lipinski definition) is 3. The molecular formula is C22H21N3O. The fourth-order valence-corrected chi connectivity index (χ4v) is 2.58. The van der Waals surface area contributed by atoms with Gasteiger partial charge >= 0.3 is 0 Å². The predicted molar refractivity (Wildman–Crippen MR) is 107 cm³/mol. The van der Waals surface area contributed by atoms with Crippen molar-refractivity contribution >= 4 is 23.5 Å². The van der Waals surface area contributed by atoms with E-state index in [0.29, 0.717) is 6.42 Å². The van der Waals surface area contributed by atoms with Crippen LogP contribution in [-0.4, -0.2) is 19.2 Å². The zero-order valence-corrected chi connectivity index (χ0v) is 14.7. The molecule has 0 aliphatic rings. The van der Waals surface area contributed by atoms with E-state index in [0.717, 1.165) is 22.5 Å². The molecule has 130 valence electrons. The Hall–Kier alpha value is -3.40. The van der Waals surface area contributed by atoms with Crippen LogP contribution in [0.15, 0.2) is 90.0 Å². The van der Waals surface area contributed by atoms with Crippen LogP contribution in [0.25, 0.3) is 0 Å². The third kappa shape index (κ3) is 4.80. The Bertz CT molecular complexity index is 859. The number of hydrogen-bond donors (Lipinski definition) is 1. The number of para-hydroxylation sites is 1. The van der Waals surface area contributed by atoms with E-state index in [1.165, 1.54) is 0 Å². The van der Waals surface area contributed by atoms with Gasteiger partial charge in [0.15, 0.2) is 0 Å². The summed E-state index contributed by atoms with van der Waals surface area (Å²) in [6, 6.07) is 27.8. The van der Waals surface area contributed by atoms with Gasteiger partial charge < -0.3 is 4.90 Å². The largest absolute Gasteiger partial charge is 0.345 e. The minimum Gasteiger partial charge on any atom is -0.345 e. The van der Waals surface area contributed by atoms with Crippen LogP contribution in [0.2, 0.25) is 0 Å². The van der Waals surface area contributed by atoms with E-state index in [-0.39, 0.29) is 5.91 Å². The molecule has 0 heterocycles. The maximum atomic E-state index is 11.9. The van der Waals surface area contributed by atoms with Gasteiger partial charge in [-0.15, -0.1) is 0 Å². The van der Waals surface area contributed by atoms with Gasteiger partial charge in [-0.1, -0.05) is 60.7 Å². The molecule has 3 aromatic carbocycles. The Morgan fingerprint density at radius 1 is 0.885 bits per heavy atom. The van der Waals surface area contributed by atoms with Crippen LogP contribution in [0, 0.1) is 0 Å². The summed E-state index contributed by atoms with van der Waals surface area (Å²) >= 11 is 0. The van der Waals surface area contributed by atoms with Gasteiger partial charge in [-0.25, -0.2) is 5.43 Å². The lowest BCUT2D eigenvalue weighted by atomic mass is 10.1. The van der Waals surface area contributed by atoms with E-state index in [1.54, 1.807) is 6.21 Å². The zero-order chi connectivity index (χ0) is 18.2. The van der Waals surface area contributed by atoms with E-state index in [2.05, 4.69) is 27.6 Å². The summed E-state index contributed by atoms with van der Waals surface area (Å²) in [5, 5.41) is 4.03. The minimum absolute atomic E-state index is 0.132. The smallest absolute Gasteiger partial charge is 0.244 e. The highest BCUT2D eigenvalue weighted by Gasteiger charge is 2.03. The van der Waals surface area contributed by atoms with Crippen molar-refractivity contribution in [2.45, 2.75) is 6.42 Å². The molecule has 0 saturated heterocycles. The minimum atomic E-state index is -0.132. The highest BCUT2D eigenvalue weighted by atomic mass is 16.2. The lowest BCUT2D eigenvalue weighted by Gasteiger charge is -2.19. The fourth-order valence-electron chi connectivity index (χ4n) is 2.58. The molecule has 0 saturated carbocycles. The topological polar surface area (TPSA) is 44.7 Å². The van der Waals surface area contributed by atoms with Crippen LogP contribution in [0.3, 0.4) is 0 Å². The van der Waals surface area contributed by atoms with Crippen molar-refractivity contribution in [1.82, 2.24) is 5.43 Å². The number of carbonyl (C=O) groups is 1. The molecule has 0 radical (unpaired) electrons. The summed E-state index contributed by atoms with van der Waals surface area (Å²) in [6.45, 7) is 0. The molecular weight excluding hydrogens is 322 g/mol. The van der Waals surface area contributed by atoms with Crippen LogP contribution in [0.4, 0.5) is 11.4 Å². The molecule has 0 aliphatic carbocycles. The number of benzene rings is 3. The molecule has 0 bridgehead atoms. The third-order valence-corrected chi connectivity index (χ3v) is 4.03. The van der Waals surface area contributed by atoms with Crippen LogP contribution < -0.4 is 10.3 Å². The number of nitrogens with zero attached hydrogens (tertiary/aromatic N) is 2. The summed E-state index contributed by atoms with van der Waals surface area (Å²) in [5.74, 6) is -0.132. The van der Waals surface area contributed by atoms with Crippen molar-refractivity contribution in [3.8, 4) is 0 Å².